The number of hydrogen-bond acceptors (Lipinski definition) is 13. The Labute approximate surface area is 406 Å². The lowest BCUT2D eigenvalue weighted by molar-refractivity contribution is 0.0634. The summed E-state index contributed by atoms with van der Waals surface area (Å²) < 4.78 is 8.36. The van der Waals surface area contributed by atoms with Gasteiger partial charge in [-0.1, -0.05) is 47.5 Å². The zero-order valence-electron chi connectivity index (χ0n) is 38.0. The molecule has 0 atom stereocenters. The van der Waals surface area contributed by atoms with Crippen molar-refractivity contribution in [3.8, 4) is 12.1 Å². The molecule has 0 radical (unpaired) electrons. The van der Waals surface area contributed by atoms with Gasteiger partial charge in [0, 0.05) is 60.0 Å². The zero-order chi connectivity index (χ0) is 49.4. The summed E-state index contributed by atoms with van der Waals surface area (Å²) in [5.41, 5.74) is 12.0. The van der Waals surface area contributed by atoms with Crippen LogP contribution in [0.4, 0.5) is 16.4 Å². The minimum atomic E-state index is -0.624. The molecule has 8 aromatic rings. The third kappa shape index (κ3) is 12.7. The van der Waals surface area contributed by atoms with Crippen LogP contribution in [0.25, 0.3) is 21.8 Å². The summed E-state index contributed by atoms with van der Waals surface area (Å²) >= 11 is 12.1. The smallest absolute Gasteiger partial charge is 0.413 e. The molecule has 6 aromatic heterocycles. The molecule has 0 aliphatic heterocycles. The first-order valence-corrected chi connectivity index (χ1v) is 22.0. The summed E-state index contributed by atoms with van der Waals surface area (Å²) in [6.07, 6.45) is 5.71. The summed E-state index contributed by atoms with van der Waals surface area (Å²) in [6.45, 7) is 10.1. The topological polar surface area (TPSA) is 257 Å². The minimum absolute atomic E-state index is 0.0276. The van der Waals surface area contributed by atoms with E-state index >= 15 is 0 Å². The van der Waals surface area contributed by atoms with Gasteiger partial charge in [0.15, 0.2) is 11.4 Å². The van der Waals surface area contributed by atoms with Crippen molar-refractivity contribution in [2.24, 2.45) is 0 Å². The normalized spacial score (nSPS) is 11.0. The van der Waals surface area contributed by atoms with Gasteiger partial charge in [0.2, 0.25) is 0 Å². The number of carbonyl (C=O) groups excluding carboxylic acids is 3. The fraction of sp³-hybridized carbons (Fsp3) is 0.204. The molecule has 0 spiro atoms. The second kappa shape index (κ2) is 21.0. The maximum Gasteiger partial charge on any atom is 0.413 e. The van der Waals surface area contributed by atoms with Gasteiger partial charge in [-0.05, 0) is 105 Å². The van der Waals surface area contributed by atoms with Crippen molar-refractivity contribution in [1.29, 1.82) is 10.5 Å². The molecule has 0 saturated carbocycles. The number of nitrogens with one attached hydrogen (secondary N) is 3. The SMILES string of the molecule is Cc1nc(N)ccc1CNC(=O)c1cn(Cc2ccc3ncc(Cl)cc3c2)nc1C#N.Cc1nc(NC(=O)OC(C)(C)C)ccc1CNC(=O)c1cn(Cc2ccc3ncc(Cl)cc3c2)nc1C#N. The van der Waals surface area contributed by atoms with E-state index in [4.69, 9.17) is 33.7 Å². The van der Waals surface area contributed by atoms with E-state index in [1.54, 1.807) is 80.0 Å². The fourth-order valence-electron chi connectivity index (χ4n) is 6.97. The number of pyridine rings is 4. The van der Waals surface area contributed by atoms with Crippen molar-refractivity contribution in [2.75, 3.05) is 11.1 Å². The lowest BCUT2D eigenvalue weighted by atomic mass is 10.1. The van der Waals surface area contributed by atoms with Gasteiger partial charge in [-0.15, -0.1) is 0 Å². The molecule has 348 valence electrons. The predicted octanol–water partition coefficient (Wildman–Crippen LogP) is 8.21. The quantitative estimate of drug-likeness (QED) is 0.0954. The highest BCUT2D eigenvalue weighted by atomic mass is 35.5. The standard InChI is InChI=1S/C27H26ClN7O3.C22H18ClN7O/c1-16-18(6-8-24(32-16)33-26(37)38-27(2,3)4)12-31-25(36)21-15-35(34-23(21)11-29)14-17-5-7-22-19(9-17)10-20(28)13-30-22;1-13-15(3-5-21(25)28-13)9-27-22(31)18-12-30(29-20(18)8-24)11-14-2-4-19-16(6-14)7-17(23)10-26-19/h5-10,13,15H,12,14H2,1-4H3,(H,31,36)(H,32,33,37);2-7,10,12H,9,11H2,1H3,(H2,25,28)(H,27,31). The Morgan fingerprint density at radius 3 is 1.62 bits per heavy atom. The highest BCUT2D eigenvalue weighted by Crippen LogP contribution is 2.22. The Kier molecular flexibility index (Phi) is 14.8. The van der Waals surface area contributed by atoms with Crippen LogP contribution in [0.1, 0.15) is 86.5 Å². The Morgan fingerprint density at radius 2 is 1.17 bits per heavy atom. The number of ether oxygens (including phenoxy) is 1. The van der Waals surface area contributed by atoms with E-state index in [0.29, 0.717) is 40.5 Å². The summed E-state index contributed by atoms with van der Waals surface area (Å²) in [6, 6.07) is 26.0. The molecule has 6 heterocycles. The number of aryl methyl sites for hydroxylation is 2. The number of aromatic nitrogens is 8. The van der Waals surface area contributed by atoms with Gasteiger partial charge in [-0.3, -0.25) is 34.2 Å². The first-order chi connectivity index (χ1) is 32.9. The van der Waals surface area contributed by atoms with Gasteiger partial charge in [-0.2, -0.15) is 20.7 Å². The number of amides is 3. The Balaban J connectivity index is 0.000000208. The van der Waals surface area contributed by atoms with E-state index in [9.17, 15) is 24.9 Å². The van der Waals surface area contributed by atoms with Crippen molar-refractivity contribution in [1.82, 2.24) is 50.1 Å². The largest absolute Gasteiger partial charge is 0.444 e. The summed E-state index contributed by atoms with van der Waals surface area (Å²) in [5, 5.41) is 38.6. The van der Waals surface area contributed by atoms with Gasteiger partial charge in [0.05, 0.1) is 45.3 Å². The molecule has 0 unspecified atom stereocenters. The van der Waals surface area contributed by atoms with E-state index in [2.05, 4.69) is 46.1 Å². The van der Waals surface area contributed by atoms with Crippen LogP contribution >= 0.6 is 23.2 Å². The van der Waals surface area contributed by atoms with Crippen molar-refractivity contribution < 1.29 is 19.1 Å². The molecule has 20 heteroatoms. The van der Waals surface area contributed by atoms with Crippen LogP contribution in [0.3, 0.4) is 0 Å². The predicted molar refractivity (Wildman–Crippen MR) is 260 cm³/mol. The molecular weight excluding hydrogens is 920 g/mol. The lowest BCUT2D eigenvalue weighted by Crippen LogP contribution is -2.27. The number of nitrogens with two attached hydrogens (primary N) is 1. The second-order valence-electron chi connectivity index (χ2n) is 16.7. The molecule has 0 saturated heterocycles. The van der Waals surface area contributed by atoms with Crippen LogP contribution in [-0.4, -0.2) is 63.0 Å². The molecule has 69 heavy (non-hydrogen) atoms. The highest BCUT2D eigenvalue weighted by molar-refractivity contribution is 6.31. The Bertz CT molecular complexity index is 3350. The molecule has 0 bridgehead atoms. The second-order valence-corrected chi connectivity index (χ2v) is 17.5. The molecule has 0 fully saturated rings. The Hall–Kier alpha value is -8.45. The van der Waals surface area contributed by atoms with Crippen LogP contribution in [0.15, 0.2) is 97.6 Å². The molecule has 3 amide bonds. The van der Waals surface area contributed by atoms with Crippen LogP contribution in [-0.2, 0) is 30.9 Å². The fourth-order valence-corrected chi connectivity index (χ4v) is 7.31. The first-order valence-electron chi connectivity index (χ1n) is 21.2. The average molecular weight is 964 g/mol. The maximum absolute atomic E-state index is 12.9. The van der Waals surface area contributed by atoms with Gasteiger partial charge < -0.3 is 21.1 Å². The average Bonchev–Trinajstić information content (AvgIpc) is 3.91. The number of nitrogens with zero attached hydrogens (tertiary/aromatic N) is 10. The first kappa shape index (κ1) is 48.5. The van der Waals surface area contributed by atoms with E-state index in [1.165, 1.54) is 0 Å². The zero-order valence-corrected chi connectivity index (χ0v) is 39.5. The van der Waals surface area contributed by atoms with E-state index in [1.807, 2.05) is 73.7 Å². The third-order valence-corrected chi connectivity index (χ3v) is 10.7. The number of carbonyl (C=O) groups is 3. The maximum atomic E-state index is 12.9. The van der Waals surface area contributed by atoms with Crippen LogP contribution in [0.2, 0.25) is 10.0 Å². The van der Waals surface area contributed by atoms with Gasteiger partial charge in [-0.25, -0.2) is 14.8 Å². The number of nitriles is 2. The summed E-state index contributed by atoms with van der Waals surface area (Å²) in [4.78, 5) is 54.6. The number of anilines is 2. The van der Waals surface area contributed by atoms with Crippen LogP contribution < -0.4 is 21.7 Å². The minimum Gasteiger partial charge on any atom is -0.444 e. The number of halogens is 2. The van der Waals surface area contributed by atoms with Gasteiger partial charge in [0.1, 0.15) is 29.4 Å². The van der Waals surface area contributed by atoms with Crippen LogP contribution in [0.5, 0.6) is 0 Å². The molecule has 2 aromatic carbocycles. The van der Waals surface area contributed by atoms with E-state index in [-0.39, 0.29) is 41.5 Å². The van der Waals surface area contributed by atoms with Gasteiger partial charge >= 0.3 is 6.09 Å². The highest BCUT2D eigenvalue weighted by Gasteiger charge is 2.20. The number of nitrogen functional groups attached to an aromatic ring is 1. The van der Waals surface area contributed by atoms with E-state index in [0.717, 1.165) is 49.8 Å². The van der Waals surface area contributed by atoms with Gasteiger partial charge in [0.25, 0.3) is 11.8 Å². The number of rotatable bonds is 11. The Morgan fingerprint density at radius 1 is 0.696 bits per heavy atom. The third-order valence-electron chi connectivity index (χ3n) is 10.3. The number of benzene rings is 2. The molecular formula is C49H44Cl2N14O4. The molecule has 18 nitrogen and oxygen atoms in total. The summed E-state index contributed by atoms with van der Waals surface area (Å²) in [7, 11) is 0. The monoisotopic (exact) mass is 962 g/mol. The van der Waals surface area contributed by atoms with Crippen molar-refractivity contribution in [3.05, 3.63) is 164 Å². The molecule has 0 aliphatic carbocycles. The molecule has 5 N–H and O–H groups in total. The lowest BCUT2D eigenvalue weighted by Gasteiger charge is -2.19. The van der Waals surface area contributed by atoms with Crippen molar-refractivity contribution in [2.45, 2.75) is 66.4 Å². The van der Waals surface area contributed by atoms with Crippen LogP contribution in [0, 0.1) is 36.5 Å². The number of fused-ring (bicyclic) bond motifs is 2. The summed E-state index contributed by atoms with van der Waals surface area (Å²) in [5.74, 6) is -0.0508. The van der Waals surface area contributed by atoms with Crippen molar-refractivity contribution in [3.63, 3.8) is 0 Å². The number of hydrogen-bond donors (Lipinski definition) is 4. The van der Waals surface area contributed by atoms with Crippen molar-refractivity contribution >= 4 is 74.6 Å². The van der Waals surface area contributed by atoms with E-state index < -0.39 is 17.6 Å². The molecule has 0 aliphatic rings. The molecule has 8 rings (SSSR count).